The van der Waals surface area contributed by atoms with E-state index >= 15 is 0 Å². The maximum Gasteiger partial charge on any atom is 0.221 e. The van der Waals surface area contributed by atoms with E-state index in [0.29, 0.717) is 18.9 Å². The molecule has 1 aliphatic rings. The summed E-state index contributed by atoms with van der Waals surface area (Å²) in [6, 6.07) is 0. The van der Waals surface area contributed by atoms with Gasteiger partial charge in [-0.1, -0.05) is 0 Å². The van der Waals surface area contributed by atoms with Crippen molar-refractivity contribution in [2.24, 2.45) is 11.7 Å². The van der Waals surface area contributed by atoms with E-state index in [0.717, 1.165) is 12.8 Å². The average Bonchev–Trinajstić information content (AvgIpc) is 2.78. The molecule has 1 aliphatic carbocycles. The van der Waals surface area contributed by atoms with Gasteiger partial charge in [-0.15, -0.1) is 0 Å². The van der Waals surface area contributed by atoms with Crippen LogP contribution in [0.4, 0.5) is 0 Å². The van der Waals surface area contributed by atoms with Crippen LogP contribution in [0, 0.1) is 5.92 Å². The first-order valence-corrected chi connectivity index (χ1v) is 5.12. The average molecular weight is 200 g/mol. The Hall–Kier alpha value is -0.610. The van der Waals surface area contributed by atoms with Gasteiger partial charge >= 0.3 is 0 Å². The molecule has 4 N–H and O–H groups in total. The maximum atomic E-state index is 11.3. The lowest BCUT2D eigenvalue weighted by atomic mass is 10.0. The number of carbonyl (C=O) groups excluding carboxylic acids is 1. The molecule has 1 amide bonds. The van der Waals surface area contributed by atoms with Crippen LogP contribution in [0.3, 0.4) is 0 Å². The Kier molecular flexibility index (Phi) is 3.50. The third-order valence-corrected chi connectivity index (χ3v) is 2.29. The number of aliphatic hydroxyl groups is 1. The van der Waals surface area contributed by atoms with Crippen molar-refractivity contribution in [2.45, 2.75) is 44.8 Å². The second-order valence-corrected chi connectivity index (χ2v) is 4.87. The van der Waals surface area contributed by atoms with Crippen LogP contribution < -0.4 is 11.1 Å². The van der Waals surface area contributed by atoms with Crippen LogP contribution >= 0.6 is 0 Å². The number of nitrogens with one attached hydrogen (secondary N) is 1. The Balaban J connectivity index is 2.14. The predicted octanol–water partition coefficient (Wildman–Crippen LogP) is 0.000900. The first kappa shape index (κ1) is 11.5. The lowest BCUT2D eigenvalue weighted by Crippen LogP contribution is -2.41. The molecule has 0 aliphatic heterocycles. The summed E-state index contributed by atoms with van der Waals surface area (Å²) in [7, 11) is 0. The van der Waals surface area contributed by atoms with Crippen molar-refractivity contribution in [1.29, 1.82) is 0 Å². The van der Waals surface area contributed by atoms with Crippen molar-refractivity contribution in [3.05, 3.63) is 0 Å². The zero-order valence-corrected chi connectivity index (χ0v) is 8.92. The van der Waals surface area contributed by atoms with Crippen LogP contribution in [-0.2, 0) is 4.79 Å². The van der Waals surface area contributed by atoms with E-state index in [1.54, 1.807) is 0 Å². The largest absolute Gasteiger partial charge is 0.391 e. The normalized spacial score (nSPS) is 19.1. The second-order valence-electron chi connectivity index (χ2n) is 4.87. The Bertz CT molecular complexity index is 207. The van der Waals surface area contributed by atoms with Crippen molar-refractivity contribution in [2.75, 3.05) is 6.54 Å². The van der Waals surface area contributed by atoms with Gasteiger partial charge in [0.25, 0.3) is 0 Å². The highest BCUT2D eigenvalue weighted by atomic mass is 16.3. The molecule has 1 rings (SSSR count). The highest BCUT2D eigenvalue weighted by molar-refractivity contribution is 5.77. The zero-order valence-electron chi connectivity index (χ0n) is 8.92. The number of rotatable bonds is 5. The highest BCUT2D eigenvalue weighted by Crippen LogP contribution is 2.32. The van der Waals surface area contributed by atoms with E-state index in [2.05, 4.69) is 5.32 Å². The Morgan fingerprint density at radius 2 is 2.21 bits per heavy atom. The van der Waals surface area contributed by atoms with E-state index < -0.39 is 5.54 Å². The van der Waals surface area contributed by atoms with Gasteiger partial charge in [-0.2, -0.15) is 0 Å². The molecule has 0 aromatic carbocycles. The van der Waals surface area contributed by atoms with Crippen LogP contribution in [-0.4, -0.2) is 29.2 Å². The Morgan fingerprint density at radius 1 is 1.64 bits per heavy atom. The summed E-state index contributed by atoms with van der Waals surface area (Å²) in [5.74, 6) is 0.318. The van der Waals surface area contributed by atoms with Crippen molar-refractivity contribution >= 4 is 5.91 Å². The molecule has 4 heteroatoms. The maximum absolute atomic E-state index is 11.3. The molecular weight excluding hydrogens is 180 g/mol. The van der Waals surface area contributed by atoms with Gasteiger partial charge in [-0.3, -0.25) is 4.79 Å². The lowest BCUT2D eigenvalue weighted by molar-refractivity contribution is -0.122. The fraction of sp³-hybridized carbons (Fsp3) is 0.900. The van der Waals surface area contributed by atoms with Gasteiger partial charge in [0.15, 0.2) is 0 Å². The molecule has 1 atom stereocenters. The van der Waals surface area contributed by atoms with Crippen molar-refractivity contribution in [3.8, 4) is 0 Å². The number of aliphatic hydroxyl groups excluding tert-OH is 1. The number of carbonyl (C=O) groups is 1. The van der Waals surface area contributed by atoms with Gasteiger partial charge in [0.05, 0.1) is 6.10 Å². The predicted molar refractivity (Wildman–Crippen MR) is 54.6 cm³/mol. The quantitative estimate of drug-likeness (QED) is 0.585. The minimum absolute atomic E-state index is 0.0859. The molecular formula is C10H20N2O2. The van der Waals surface area contributed by atoms with Crippen LogP contribution in [0.15, 0.2) is 0 Å². The smallest absolute Gasteiger partial charge is 0.221 e. The summed E-state index contributed by atoms with van der Waals surface area (Å²) >= 11 is 0. The summed E-state index contributed by atoms with van der Waals surface area (Å²) in [6.07, 6.45) is 2.09. The molecule has 1 unspecified atom stereocenters. The summed E-state index contributed by atoms with van der Waals surface area (Å²) in [5, 5.41) is 12.2. The SMILES string of the molecule is CC(C)(N)CC(=O)NCC(O)C1CC1. The van der Waals surface area contributed by atoms with Gasteiger partial charge < -0.3 is 16.2 Å². The minimum Gasteiger partial charge on any atom is -0.391 e. The first-order chi connectivity index (χ1) is 6.38. The molecule has 1 fully saturated rings. The van der Waals surface area contributed by atoms with Crippen molar-refractivity contribution < 1.29 is 9.90 Å². The lowest BCUT2D eigenvalue weighted by Gasteiger charge is -2.18. The number of amides is 1. The third kappa shape index (κ3) is 4.58. The van der Waals surface area contributed by atoms with Gasteiger partial charge in [0.1, 0.15) is 0 Å². The summed E-state index contributed by atoms with van der Waals surface area (Å²) in [6.45, 7) is 3.98. The number of hydrogen-bond donors (Lipinski definition) is 3. The molecule has 0 aromatic rings. The first-order valence-electron chi connectivity index (χ1n) is 5.12. The molecule has 0 spiro atoms. The molecule has 4 nitrogen and oxygen atoms in total. The molecule has 82 valence electrons. The van der Waals surface area contributed by atoms with E-state index in [4.69, 9.17) is 5.73 Å². The second kappa shape index (κ2) is 4.28. The van der Waals surface area contributed by atoms with Crippen LogP contribution in [0.1, 0.15) is 33.1 Å². The van der Waals surface area contributed by atoms with Crippen molar-refractivity contribution in [3.63, 3.8) is 0 Å². The van der Waals surface area contributed by atoms with Gasteiger partial charge in [-0.05, 0) is 32.6 Å². The number of hydrogen-bond acceptors (Lipinski definition) is 3. The van der Waals surface area contributed by atoms with Gasteiger partial charge in [0, 0.05) is 18.5 Å². The van der Waals surface area contributed by atoms with Crippen molar-refractivity contribution in [1.82, 2.24) is 5.32 Å². The molecule has 1 saturated carbocycles. The van der Waals surface area contributed by atoms with Crippen LogP contribution in [0.25, 0.3) is 0 Å². The van der Waals surface area contributed by atoms with E-state index in [-0.39, 0.29) is 12.0 Å². The fourth-order valence-corrected chi connectivity index (χ4v) is 1.34. The molecule has 0 heterocycles. The Labute approximate surface area is 84.9 Å². The van der Waals surface area contributed by atoms with Crippen LogP contribution in [0.2, 0.25) is 0 Å². The number of nitrogens with two attached hydrogens (primary N) is 1. The third-order valence-electron chi connectivity index (χ3n) is 2.29. The van der Waals surface area contributed by atoms with Gasteiger partial charge in [0.2, 0.25) is 5.91 Å². The highest BCUT2D eigenvalue weighted by Gasteiger charge is 2.29. The summed E-state index contributed by atoms with van der Waals surface area (Å²) in [5.41, 5.74) is 5.21. The topological polar surface area (TPSA) is 75.4 Å². The monoisotopic (exact) mass is 200 g/mol. The minimum atomic E-state index is -0.478. The van der Waals surface area contributed by atoms with Gasteiger partial charge in [-0.25, -0.2) is 0 Å². The standard InChI is InChI=1S/C10H20N2O2/c1-10(2,11)5-9(14)12-6-8(13)7-3-4-7/h7-8,13H,3-6,11H2,1-2H3,(H,12,14). The zero-order chi connectivity index (χ0) is 10.8. The Morgan fingerprint density at radius 3 is 2.64 bits per heavy atom. The summed E-state index contributed by atoms with van der Waals surface area (Å²) in [4.78, 5) is 11.3. The molecule has 14 heavy (non-hydrogen) atoms. The molecule has 0 aromatic heterocycles. The molecule has 0 saturated heterocycles. The van der Waals surface area contributed by atoms with E-state index in [1.165, 1.54) is 0 Å². The fourth-order valence-electron chi connectivity index (χ4n) is 1.34. The van der Waals surface area contributed by atoms with E-state index in [1.807, 2.05) is 13.8 Å². The molecule has 0 bridgehead atoms. The molecule has 0 radical (unpaired) electrons. The summed E-state index contributed by atoms with van der Waals surface area (Å²) < 4.78 is 0. The van der Waals surface area contributed by atoms with Crippen LogP contribution in [0.5, 0.6) is 0 Å². The van der Waals surface area contributed by atoms with E-state index in [9.17, 15) is 9.90 Å².